The van der Waals surface area contributed by atoms with Crippen LogP contribution in [0.2, 0.25) is 0 Å². The zero-order valence-electron chi connectivity index (χ0n) is 16.6. The zero-order valence-corrected chi connectivity index (χ0v) is 16.6. The van der Waals surface area contributed by atoms with Crippen molar-refractivity contribution in [2.24, 2.45) is 5.73 Å². The molecule has 2 heterocycles. The van der Waals surface area contributed by atoms with Crippen molar-refractivity contribution in [3.8, 4) is 0 Å². The first-order chi connectivity index (χ1) is 13.6. The number of carbonyl (C=O) groups excluding carboxylic acids is 1. The Bertz CT molecular complexity index is 784. The molecule has 5 heteroatoms. The molecule has 2 aromatic rings. The van der Waals surface area contributed by atoms with Crippen LogP contribution in [0.3, 0.4) is 0 Å². The summed E-state index contributed by atoms with van der Waals surface area (Å²) in [5.74, 6) is 0.293. The lowest BCUT2D eigenvalue weighted by atomic mass is 9.95. The fraction of sp³-hybridized carbons (Fsp3) is 0.435. The minimum absolute atomic E-state index is 0.0112. The standard InChI is InChI=1S/C23H30N4O/c1-25-11-13-26(14-12-25)15-18-7-9-20(10-8-18)23(28)27-16-21(22(24)17-27)19-5-3-2-4-6-19/h2-10,21-22H,11-17,24H2,1H3/t21-,22+/m0/s1. The maximum atomic E-state index is 13.0. The zero-order chi connectivity index (χ0) is 19.5. The minimum Gasteiger partial charge on any atom is -0.336 e. The van der Waals surface area contributed by atoms with Gasteiger partial charge in [0.2, 0.25) is 0 Å². The van der Waals surface area contributed by atoms with E-state index in [1.165, 1.54) is 11.1 Å². The third-order valence-electron chi connectivity index (χ3n) is 6.08. The van der Waals surface area contributed by atoms with Crippen LogP contribution in [0.15, 0.2) is 54.6 Å². The summed E-state index contributed by atoms with van der Waals surface area (Å²) in [6, 6.07) is 18.4. The van der Waals surface area contributed by atoms with E-state index in [1.54, 1.807) is 0 Å². The van der Waals surface area contributed by atoms with Crippen molar-refractivity contribution >= 4 is 5.91 Å². The van der Waals surface area contributed by atoms with Crippen LogP contribution >= 0.6 is 0 Å². The summed E-state index contributed by atoms with van der Waals surface area (Å²) < 4.78 is 0. The van der Waals surface area contributed by atoms with Crippen molar-refractivity contribution in [1.82, 2.24) is 14.7 Å². The molecule has 2 saturated heterocycles. The van der Waals surface area contributed by atoms with Crippen LogP contribution in [0.25, 0.3) is 0 Å². The summed E-state index contributed by atoms with van der Waals surface area (Å²) >= 11 is 0. The molecule has 2 aliphatic heterocycles. The van der Waals surface area contributed by atoms with Crippen LogP contribution in [-0.4, -0.2) is 73.0 Å². The molecule has 1 amide bonds. The van der Waals surface area contributed by atoms with E-state index in [0.29, 0.717) is 13.1 Å². The summed E-state index contributed by atoms with van der Waals surface area (Å²) in [6.45, 7) is 6.69. The molecule has 2 aliphatic rings. The third-order valence-corrected chi connectivity index (χ3v) is 6.08. The van der Waals surface area contributed by atoms with E-state index in [4.69, 9.17) is 5.73 Å². The van der Waals surface area contributed by atoms with E-state index < -0.39 is 0 Å². The van der Waals surface area contributed by atoms with Crippen LogP contribution in [-0.2, 0) is 6.54 Å². The molecule has 0 saturated carbocycles. The van der Waals surface area contributed by atoms with E-state index in [0.717, 1.165) is 38.3 Å². The van der Waals surface area contributed by atoms with Crippen LogP contribution in [0.5, 0.6) is 0 Å². The summed E-state index contributed by atoms with van der Waals surface area (Å²) in [4.78, 5) is 19.7. The molecule has 2 N–H and O–H groups in total. The van der Waals surface area contributed by atoms with Crippen molar-refractivity contribution in [3.05, 3.63) is 71.3 Å². The highest BCUT2D eigenvalue weighted by Crippen LogP contribution is 2.27. The number of nitrogens with zero attached hydrogens (tertiary/aromatic N) is 3. The first-order valence-corrected chi connectivity index (χ1v) is 10.2. The molecule has 2 atom stereocenters. The van der Waals surface area contributed by atoms with Gasteiger partial charge in [0.15, 0.2) is 0 Å². The van der Waals surface area contributed by atoms with Crippen LogP contribution in [0.1, 0.15) is 27.4 Å². The van der Waals surface area contributed by atoms with Gasteiger partial charge in [0, 0.05) is 63.3 Å². The smallest absolute Gasteiger partial charge is 0.253 e. The molecule has 148 valence electrons. The van der Waals surface area contributed by atoms with Crippen LogP contribution in [0.4, 0.5) is 0 Å². The summed E-state index contributed by atoms with van der Waals surface area (Å²) in [7, 11) is 2.17. The van der Waals surface area contributed by atoms with E-state index >= 15 is 0 Å². The Labute approximate surface area is 167 Å². The Balaban J connectivity index is 1.37. The van der Waals surface area contributed by atoms with Gasteiger partial charge in [-0.15, -0.1) is 0 Å². The monoisotopic (exact) mass is 378 g/mol. The molecular formula is C23H30N4O. The van der Waals surface area contributed by atoms with Crippen molar-refractivity contribution in [1.29, 1.82) is 0 Å². The first kappa shape index (κ1) is 19.1. The van der Waals surface area contributed by atoms with E-state index in [2.05, 4.69) is 41.1 Å². The molecule has 0 unspecified atom stereocenters. The Kier molecular flexibility index (Phi) is 5.76. The number of piperazine rings is 1. The van der Waals surface area contributed by atoms with Gasteiger partial charge in [0.1, 0.15) is 0 Å². The van der Waals surface area contributed by atoms with Gasteiger partial charge in [-0.1, -0.05) is 42.5 Å². The second kappa shape index (κ2) is 8.43. The quantitative estimate of drug-likeness (QED) is 0.884. The predicted octanol–water partition coefficient (Wildman–Crippen LogP) is 2.00. The molecule has 2 aromatic carbocycles. The molecule has 2 fully saturated rings. The topological polar surface area (TPSA) is 52.8 Å². The lowest BCUT2D eigenvalue weighted by Crippen LogP contribution is -2.43. The molecule has 0 spiro atoms. The van der Waals surface area contributed by atoms with E-state index in [-0.39, 0.29) is 17.9 Å². The van der Waals surface area contributed by atoms with Gasteiger partial charge in [0.05, 0.1) is 0 Å². The van der Waals surface area contributed by atoms with Gasteiger partial charge in [-0.05, 0) is 30.3 Å². The highest BCUT2D eigenvalue weighted by molar-refractivity contribution is 5.94. The van der Waals surface area contributed by atoms with Gasteiger partial charge in [-0.2, -0.15) is 0 Å². The largest absolute Gasteiger partial charge is 0.336 e. The Morgan fingerprint density at radius 2 is 1.64 bits per heavy atom. The summed E-state index contributed by atoms with van der Waals surface area (Å²) in [5.41, 5.74) is 9.59. The fourth-order valence-corrected chi connectivity index (χ4v) is 4.25. The summed E-state index contributed by atoms with van der Waals surface area (Å²) in [6.07, 6.45) is 0. The number of rotatable bonds is 4. The van der Waals surface area contributed by atoms with Crippen molar-refractivity contribution in [2.45, 2.75) is 18.5 Å². The van der Waals surface area contributed by atoms with Crippen molar-refractivity contribution < 1.29 is 4.79 Å². The molecule has 0 aromatic heterocycles. The van der Waals surface area contributed by atoms with Gasteiger partial charge in [-0.25, -0.2) is 0 Å². The average molecular weight is 379 g/mol. The highest BCUT2D eigenvalue weighted by atomic mass is 16.2. The van der Waals surface area contributed by atoms with Crippen molar-refractivity contribution in [2.75, 3.05) is 46.3 Å². The molecule has 28 heavy (non-hydrogen) atoms. The number of hydrogen-bond donors (Lipinski definition) is 1. The Morgan fingerprint density at radius 1 is 0.964 bits per heavy atom. The second-order valence-electron chi connectivity index (χ2n) is 8.17. The first-order valence-electron chi connectivity index (χ1n) is 10.2. The third kappa shape index (κ3) is 4.27. The molecule has 5 nitrogen and oxygen atoms in total. The number of carbonyl (C=O) groups is 1. The number of likely N-dealkylation sites (tertiary alicyclic amines) is 1. The number of likely N-dealkylation sites (N-methyl/N-ethyl adjacent to an activating group) is 1. The average Bonchev–Trinajstić information content (AvgIpc) is 3.12. The molecular weight excluding hydrogens is 348 g/mol. The van der Waals surface area contributed by atoms with E-state index in [1.807, 2.05) is 35.2 Å². The van der Waals surface area contributed by atoms with Gasteiger partial charge < -0.3 is 15.5 Å². The van der Waals surface area contributed by atoms with Gasteiger partial charge in [0.25, 0.3) is 5.91 Å². The lowest BCUT2D eigenvalue weighted by Gasteiger charge is -2.32. The molecule has 0 radical (unpaired) electrons. The molecule has 0 bridgehead atoms. The van der Waals surface area contributed by atoms with Crippen LogP contribution in [0, 0.1) is 0 Å². The SMILES string of the molecule is CN1CCN(Cc2ccc(C(=O)N3C[C@@H](N)[C@H](c4ccccc4)C3)cc2)CC1. The van der Waals surface area contributed by atoms with Crippen LogP contribution < -0.4 is 5.73 Å². The normalized spacial score (nSPS) is 23.9. The second-order valence-corrected chi connectivity index (χ2v) is 8.17. The number of hydrogen-bond acceptors (Lipinski definition) is 4. The van der Waals surface area contributed by atoms with Gasteiger partial charge >= 0.3 is 0 Å². The number of amides is 1. The minimum atomic E-state index is -0.0112. The summed E-state index contributed by atoms with van der Waals surface area (Å²) in [5, 5.41) is 0. The van der Waals surface area contributed by atoms with Gasteiger partial charge in [-0.3, -0.25) is 9.69 Å². The van der Waals surface area contributed by atoms with Crippen molar-refractivity contribution in [3.63, 3.8) is 0 Å². The lowest BCUT2D eigenvalue weighted by molar-refractivity contribution is 0.0789. The Hall–Kier alpha value is -2.21. The number of benzene rings is 2. The predicted molar refractivity (Wildman–Crippen MR) is 112 cm³/mol. The Morgan fingerprint density at radius 3 is 2.32 bits per heavy atom. The molecule has 0 aliphatic carbocycles. The maximum absolute atomic E-state index is 13.0. The molecule has 4 rings (SSSR count). The number of nitrogens with two attached hydrogens (primary N) is 1. The maximum Gasteiger partial charge on any atom is 0.253 e. The van der Waals surface area contributed by atoms with E-state index in [9.17, 15) is 4.79 Å². The fourth-order valence-electron chi connectivity index (χ4n) is 4.25. The highest BCUT2D eigenvalue weighted by Gasteiger charge is 2.34.